The molecule has 0 aromatic heterocycles. The van der Waals surface area contributed by atoms with Crippen molar-refractivity contribution in [3.63, 3.8) is 0 Å². The Kier molecular flexibility index (Phi) is 5.84. The fraction of sp³-hybridized carbons (Fsp3) is 0.375. The smallest absolute Gasteiger partial charge is 0.253 e. The number of rotatable bonds is 4. The monoisotopic (exact) mass is 405 g/mol. The molecule has 156 valence electrons. The summed E-state index contributed by atoms with van der Waals surface area (Å²) in [6.07, 6.45) is 2.96. The lowest BCUT2D eigenvalue weighted by atomic mass is 10.0. The molecule has 2 heterocycles. The highest BCUT2D eigenvalue weighted by atomic mass is 16.2. The summed E-state index contributed by atoms with van der Waals surface area (Å²) in [7, 11) is 0. The van der Waals surface area contributed by atoms with Gasteiger partial charge in [-0.3, -0.25) is 14.4 Å². The van der Waals surface area contributed by atoms with Crippen LogP contribution in [0.15, 0.2) is 48.5 Å². The molecule has 1 N–H and O–H groups in total. The van der Waals surface area contributed by atoms with E-state index in [2.05, 4.69) is 5.32 Å². The molecule has 6 nitrogen and oxygen atoms in total. The van der Waals surface area contributed by atoms with Crippen LogP contribution in [0.5, 0.6) is 0 Å². The first-order valence-electron chi connectivity index (χ1n) is 10.6. The van der Waals surface area contributed by atoms with Crippen LogP contribution in [0.25, 0.3) is 0 Å². The van der Waals surface area contributed by atoms with E-state index in [1.54, 1.807) is 17.0 Å². The second-order valence-corrected chi connectivity index (χ2v) is 8.05. The molecule has 2 fully saturated rings. The van der Waals surface area contributed by atoms with Crippen molar-refractivity contribution in [1.29, 1.82) is 0 Å². The molecule has 0 radical (unpaired) electrons. The maximum absolute atomic E-state index is 12.8. The molecule has 0 bridgehead atoms. The minimum Gasteiger partial charge on any atom is -0.349 e. The van der Waals surface area contributed by atoms with Gasteiger partial charge >= 0.3 is 0 Å². The Morgan fingerprint density at radius 1 is 0.967 bits per heavy atom. The molecule has 0 aliphatic carbocycles. The van der Waals surface area contributed by atoms with Crippen LogP contribution in [0.3, 0.4) is 0 Å². The van der Waals surface area contributed by atoms with E-state index >= 15 is 0 Å². The van der Waals surface area contributed by atoms with Gasteiger partial charge in [-0.1, -0.05) is 18.2 Å². The van der Waals surface area contributed by atoms with Gasteiger partial charge in [0.2, 0.25) is 5.91 Å². The highest BCUT2D eigenvalue weighted by Gasteiger charge is 2.26. The van der Waals surface area contributed by atoms with Crippen LogP contribution in [0.1, 0.15) is 52.0 Å². The highest BCUT2D eigenvalue weighted by molar-refractivity contribution is 5.98. The number of carbonyl (C=O) groups excluding carboxylic acids is 3. The molecular formula is C24H27N3O3. The van der Waals surface area contributed by atoms with Crippen molar-refractivity contribution < 1.29 is 14.4 Å². The number of hydrogen-bond donors (Lipinski definition) is 1. The van der Waals surface area contributed by atoms with Gasteiger partial charge in [-0.2, -0.15) is 0 Å². The average molecular weight is 405 g/mol. The molecule has 2 aromatic rings. The highest BCUT2D eigenvalue weighted by Crippen LogP contribution is 2.23. The summed E-state index contributed by atoms with van der Waals surface area (Å²) in [6.45, 7) is 3.91. The number of likely N-dealkylation sites (tertiary alicyclic amines) is 1. The van der Waals surface area contributed by atoms with Gasteiger partial charge in [0.25, 0.3) is 11.8 Å². The van der Waals surface area contributed by atoms with Gasteiger partial charge in [-0.15, -0.1) is 0 Å². The van der Waals surface area contributed by atoms with Gasteiger partial charge in [0.1, 0.15) is 0 Å². The van der Waals surface area contributed by atoms with Crippen LogP contribution in [0.4, 0.5) is 5.69 Å². The summed E-state index contributed by atoms with van der Waals surface area (Å²) in [5.74, 6) is 0.0896. The molecule has 0 spiro atoms. The van der Waals surface area contributed by atoms with Crippen molar-refractivity contribution in [2.45, 2.75) is 38.6 Å². The molecule has 6 heteroatoms. The Labute approximate surface area is 176 Å². The van der Waals surface area contributed by atoms with Crippen molar-refractivity contribution in [3.8, 4) is 0 Å². The lowest BCUT2D eigenvalue weighted by molar-refractivity contribution is -0.117. The molecule has 0 saturated carbocycles. The lowest BCUT2D eigenvalue weighted by Gasteiger charge is -2.32. The Balaban J connectivity index is 1.31. The van der Waals surface area contributed by atoms with Crippen LogP contribution in [-0.4, -0.2) is 48.3 Å². The standard InChI is InChI=1S/C24H27N3O3/c1-17-5-2-3-6-21(17)23(29)25-19-12-15-26(16-13-19)24(30)18-8-10-20(11-9-18)27-14-4-7-22(27)28/h2-3,5-6,8-11,19H,4,7,12-16H2,1H3,(H,25,29). The zero-order valence-corrected chi connectivity index (χ0v) is 17.3. The SMILES string of the molecule is Cc1ccccc1C(=O)NC1CCN(C(=O)c2ccc(N3CCCC3=O)cc2)CC1. The van der Waals surface area contributed by atoms with E-state index in [9.17, 15) is 14.4 Å². The summed E-state index contributed by atoms with van der Waals surface area (Å²) in [4.78, 5) is 40.9. The molecule has 2 saturated heterocycles. The molecule has 4 rings (SSSR count). The summed E-state index contributed by atoms with van der Waals surface area (Å²) in [6, 6.07) is 14.9. The molecular weight excluding hydrogens is 378 g/mol. The van der Waals surface area contributed by atoms with Crippen LogP contribution in [-0.2, 0) is 4.79 Å². The van der Waals surface area contributed by atoms with E-state index < -0.39 is 0 Å². The van der Waals surface area contributed by atoms with Gasteiger partial charge in [0.05, 0.1) is 0 Å². The summed E-state index contributed by atoms with van der Waals surface area (Å²) >= 11 is 0. The van der Waals surface area contributed by atoms with Crippen molar-refractivity contribution in [2.75, 3.05) is 24.5 Å². The fourth-order valence-electron chi connectivity index (χ4n) is 4.21. The average Bonchev–Trinajstić information content (AvgIpc) is 3.20. The number of amides is 3. The number of nitrogens with zero attached hydrogens (tertiary/aromatic N) is 2. The number of aryl methyl sites for hydroxylation is 1. The zero-order valence-electron chi connectivity index (χ0n) is 17.3. The first-order chi connectivity index (χ1) is 14.5. The van der Waals surface area contributed by atoms with E-state index in [4.69, 9.17) is 0 Å². The van der Waals surface area contributed by atoms with Gasteiger partial charge in [-0.25, -0.2) is 0 Å². The predicted molar refractivity (Wildman–Crippen MR) is 116 cm³/mol. The third-order valence-electron chi connectivity index (χ3n) is 6.01. The number of anilines is 1. The van der Waals surface area contributed by atoms with E-state index in [-0.39, 0.29) is 23.8 Å². The Morgan fingerprint density at radius 3 is 2.30 bits per heavy atom. The molecule has 2 aromatic carbocycles. The third-order valence-corrected chi connectivity index (χ3v) is 6.01. The fourth-order valence-corrected chi connectivity index (χ4v) is 4.21. The van der Waals surface area contributed by atoms with Crippen LogP contribution in [0, 0.1) is 6.92 Å². The number of carbonyl (C=O) groups is 3. The van der Waals surface area contributed by atoms with E-state index in [0.717, 1.165) is 37.1 Å². The maximum atomic E-state index is 12.8. The second-order valence-electron chi connectivity index (χ2n) is 8.05. The first-order valence-corrected chi connectivity index (χ1v) is 10.6. The van der Waals surface area contributed by atoms with Gasteiger partial charge in [0, 0.05) is 48.9 Å². The number of hydrogen-bond acceptors (Lipinski definition) is 3. The quantitative estimate of drug-likeness (QED) is 0.850. The third kappa shape index (κ3) is 4.22. The Bertz CT molecular complexity index is 946. The normalized spacial score (nSPS) is 17.3. The molecule has 0 atom stereocenters. The second kappa shape index (κ2) is 8.69. The number of piperidine rings is 1. The molecule has 3 amide bonds. The molecule has 2 aliphatic rings. The largest absolute Gasteiger partial charge is 0.349 e. The van der Waals surface area contributed by atoms with E-state index in [1.807, 2.05) is 48.2 Å². The van der Waals surface area contributed by atoms with Crippen molar-refractivity contribution in [3.05, 3.63) is 65.2 Å². The Hall–Kier alpha value is -3.15. The summed E-state index contributed by atoms with van der Waals surface area (Å²) < 4.78 is 0. The van der Waals surface area contributed by atoms with Crippen molar-refractivity contribution >= 4 is 23.4 Å². The zero-order chi connectivity index (χ0) is 21.1. The van der Waals surface area contributed by atoms with Crippen molar-refractivity contribution in [2.24, 2.45) is 0 Å². The minimum absolute atomic E-state index is 0.00187. The van der Waals surface area contributed by atoms with Crippen molar-refractivity contribution in [1.82, 2.24) is 10.2 Å². The van der Waals surface area contributed by atoms with Crippen LogP contribution < -0.4 is 10.2 Å². The van der Waals surface area contributed by atoms with Gasteiger partial charge in [0.15, 0.2) is 0 Å². The molecule has 30 heavy (non-hydrogen) atoms. The lowest BCUT2D eigenvalue weighted by Crippen LogP contribution is -2.46. The summed E-state index contributed by atoms with van der Waals surface area (Å²) in [5.41, 5.74) is 3.15. The number of nitrogens with one attached hydrogen (secondary N) is 1. The molecule has 2 aliphatic heterocycles. The molecule has 0 unspecified atom stereocenters. The predicted octanol–water partition coefficient (Wildman–Crippen LogP) is 3.16. The first kappa shape index (κ1) is 20.1. The summed E-state index contributed by atoms with van der Waals surface area (Å²) in [5, 5.41) is 3.10. The van der Waals surface area contributed by atoms with E-state index in [0.29, 0.717) is 30.6 Å². The minimum atomic E-state index is -0.0510. The number of benzene rings is 2. The van der Waals surface area contributed by atoms with E-state index in [1.165, 1.54) is 0 Å². The van der Waals surface area contributed by atoms with Crippen LogP contribution >= 0.6 is 0 Å². The van der Waals surface area contributed by atoms with Gasteiger partial charge in [-0.05, 0) is 62.1 Å². The maximum Gasteiger partial charge on any atom is 0.253 e. The van der Waals surface area contributed by atoms with Crippen LogP contribution in [0.2, 0.25) is 0 Å². The van der Waals surface area contributed by atoms with Gasteiger partial charge < -0.3 is 15.1 Å². The topological polar surface area (TPSA) is 69.7 Å². The Morgan fingerprint density at radius 2 is 1.67 bits per heavy atom.